The molecule has 5 nitrogen and oxygen atoms in total. The van der Waals surface area contributed by atoms with E-state index in [1.165, 1.54) is 45.2 Å². The van der Waals surface area contributed by atoms with Crippen LogP contribution in [0, 0.1) is 11.3 Å². The molecule has 2 aliphatic rings. The molecule has 1 saturated carbocycles. The second-order valence-electron chi connectivity index (χ2n) is 7.74. The van der Waals surface area contributed by atoms with Gasteiger partial charge in [0.05, 0.1) is 0 Å². The first-order valence-electron chi connectivity index (χ1n) is 9.91. The molecule has 148 valence electrons. The monoisotopic (exact) mass is 466 g/mol. The van der Waals surface area contributed by atoms with Crippen LogP contribution in [-0.2, 0) is 4.74 Å². The summed E-state index contributed by atoms with van der Waals surface area (Å²) in [5.74, 6) is 1.88. The number of methoxy groups -OCH3 is 1. The van der Waals surface area contributed by atoms with Gasteiger partial charge in [-0.3, -0.25) is 4.99 Å². The Morgan fingerprint density at radius 2 is 1.96 bits per heavy atom. The molecule has 25 heavy (non-hydrogen) atoms. The van der Waals surface area contributed by atoms with Crippen LogP contribution < -0.4 is 10.6 Å². The van der Waals surface area contributed by atoms with Gasteiger partial charge in [-0.05, 0) is 63.5 Å². The maximum atomic E-state index is 5.28. The van der Waals surface area contributed by atoms with E-state index in [2.05, 4.69) is 29.4 Å². The molecular weight excluding hydrogens is 427 g/mol. The average Bonchev–Trinajstić information content (AvgIpc) is 2.55. The van der Waals surface area contributed by atoms with Crippen LogP contribution in [0.5, 0.6) is 0 Å². The quantitative estimate of drug-likeness (QED) is 0.312. The molecule has 0 bridgehead atoms. The molecule has 0 spiro atoms. The summed E-state index contributed by atoms with van der Waals surface area (Å²) < 4.78 is 5.28. The maximum absolute atomic E-state index is 5.28. The molecule has 2 N–H and O–H groups in total. The molecule has 1 aliphatic carbocycles. The van der Waals surface area contributed by atoms with Crippen molar-refractivity contribution in [1.29, 1.82) is 0 Å². The highest BCUT2D eigenvalue weighted by Gasteiger charge is 2.36. The largest absolute Gasteiger partial charge is 0.385 e. The minimum absolute atomic E-state index is 0. The van der Waals surface area contributed by atoms with E-state index in [-0.39, 0.29) is 24.0 Å². The first kappa shape index (κ1) is 23.0. The number of guanidine groups is 1. The van der Waals surface area contributed by atoms with E-state index in [9.17, 15) is 0 Å². The van der Waals surface area contributed by atoms with Crippen LogP contribution in [0.3, 0.4) is 0 Å². The van der Waals surface area contributed by atoms with Crippen molar-refractivity contribution in [2.24, 2.45) is 16.3 Å². The molecule has 0 aromatic heterocycles. The van der Waals surface area contributed by atoms with Gasteiger partial charge in [0, 0.05) is 39.9 Å². The Kier molecular flexibility index (Phi) is 11.3. The summed E-state index contributed by atoms with van der Waals surface area (Å²) in [6, 6.07) is 0. The summed E-state index contributed by atoms with van der Waals surface area (Å²) in [6.07, 6.45) is 7.76. The number of rotatable bonds is 9. The maximum Gasteiger partial charge on any atom is 0.191 e. The molecular formula is C19H39IN4O. The van der Waals surface area contributed by atoms with E-state index >= 15 is 0 Å². The van der Waals surface area contributed by atoms with Crippen LogP contribution in [0.4, 0.5) is 0 Å². The molecule has 0 aromatic rings. The fraction of sp³-hybridized carbons (Fsp3) is 0.947. The molecule has 1 aliphatic heterocycles. The summed E-state index contributed by atoms with van der Waals surface area (Å²) in [7, 11) is 1.79. The molecule has 0 unspecified atom stereocenters. The average molecular weight is 466 g/mol. The van der Waals surface area contributed by atoms with Crippen molar-refractivity contribution >= 4 is 29.9 Å². The standard InChI is InChI=1S/C19H38N4O.HI/c1-4-20-18(21-11-14-23-12-6-17(2)7-13-23)22-16-19(8-5-9-19)10-15-24-3;/h17H,4-16H2,1-3H3,(H2,20,21,22);1H. The van der Waals surface area contributed by atoms with Gasteiger partial charge in [-0.25, -0.2) is 0 Å². The predicted octanol–water partition coefficient (Wildman–Crippen LogP) is 3.10. The number of aliphatic imine (C=N–C) groups is 1. The molecule has 0 aromatic carbocycles. The lowest BCUT2D eigenvalue weighted by atomic mass is 9.67. The Labute approximate surface area is 171 Å². The van der Waals surface area contributed by atoms with E-state index < -0.39 is 0 Å². The van der Waals surface area contributed by atoms with Crippen LogP contribution >= 0.6 is 24.0 Å². The molecule has 2 fully saturated rings. The number of ether oxygens (including phenoxy) is 1. The molecule has 1 saturated heterocycles. The van der Waals surface area contributed by atoms with E-state index in [1.807, 2.05) is 0 Å². The smallest absolute Gasteiger partial charge is 0.191 e. The zero-order valence-electron chi connectivity index (χ0n) is 16.5. The Bertz CT molecular complexity index is 380. The van der Waals surface area contributed by atoms with Crippen molar-refractivity contribution in [3.8, 4) is 0 Å². The number of likely N-dealkylation sites (tertiary alicyclic amines) is 1. The molecule has 6 heteroatoms. The van der Waals surface area contributed by atoms with E-state index in [1.54, 1.807) is 7.11 Å². The zero-order chi connectivity index (χ0) is 17.3. The minimum atomic E-state index is 0. The van der Waals surface area contributed by atoms with Crippen LogP contribution in [-0.4, -0.2) is 63.8 Å². The first-order valence-corrected chi connectivity index (χ1v) is 9.91. The SMILES string of the molecule is CCNC(=NCC1(CCOC)CCC1)NCCN1CCC(C)CC1.I. The van der Waals surface area contributed by atoms with Crippen LogP contribution in [0.2, 0.25) is 0 Å². The van der Waals surface area contributed by atoms with Crippen molar-refractivity contribution in [2.75, 3.05) is 53.0 Å². The van der Waals surface area contributed by atoms with Crippen LogP contribution in [0.15, 0.2) is 4.99 Å². The summed E-state index contributed by atoms with van der Waals surface area (Å²) in [5.41, 5.74) is 0.390. The van der Waals surface area contributed by atoms with Gasteiger partial charge in [0.1, 0.15) is 0 Å². The van der Waals surface area contributed by atoms with E-state index in [4.69, 9.17) is 9.73 Å². The molecule has 0 radical (unpaired) electrons. The normalized spacial score (nSPS) is 21.3. The number of hydrogen-bond acceptors (Lipinski definition) is 3. The highest BCUT2D eigenvalue weighted by Crippen LogP contribution is 2.44. The molecule has 0 atom stereocenters. The molecule has 2 rings (SSSR count). The lowest BCUT2D eigenvalue weighted by molar-refractivity contribution is 0.0778. The summed E-state index contributed by atoms with van der Waals surface area (Å²) >= 11 is 0. The number of halogens is 1. The van der Waals surface area contributed by atoms with Crippen molar-refractivity contribution < 1.29 is 4.74 Å². The van der Waals surface area contributed by atoms with E-state index in [0.717, 1.165) is 51.1 Å². The van der Waals surface area contributed by atoms with Gasteiger partial charge in [-0.1, -0.05) is 13.3 Å². The van der Waals surface area contributed by atoms with Gasteiger partial charge in [-0.15, -0.1) is 24.0 Å². The van der Waals surface area contributed by atoms with Gasteiger partial charge in [-0.2, -0.15) is 0 Å². The third kappa shape index (κ3) is 7.99. The molecule has 0 amide bonds. The van der Waals surface area contributed by atoms with Gasteiger partial charge >= 0.3 is 0 Å². The second kappa shape index (κ2) is 12.3. The topological polar surface area (TPSA) is 48.9 Å². The van der Waals surface area contributed by atoms with Gasteiger partial charge < -0.3 is 20.3 Å². The molecule has 1 heterocycles. The summed E-state index contributed by atoms with van der Waals surface area (Å²) in [5, 5.41) is 6.92. The fourth-order valence-electron chi connectivity index (χ4n) is 3.69. The number of hydrogen-bond donors (Lipinski definition) is 2. The number of nitrogens with zero attached hydrogens (tertiary/aromatic N) is 2. The Morgan fingerprint density at radius 3 is 2.52 bits per heavy atom. The van der Waals surface area contributed by atoms with Gasteiger partial charge in [0.2, 0.25) is 0 Å². The van der Waals surface area contributed by atoms with Crippen molar-refractivity contribution in [3.05, 3.63) is 0 Å². The number of piperidine rings is 1. The Morgan fingerprint density at radius 1 is 1.24 bits per heavy atom. The van der Waals surface area contributed by atoms with Crippen molar-refractivity contribution in [3.63, 3.8) is 0 Å². The highest BCUT2D eigenvalue weighted by atomic mass is 127. The van der Waals surface area contributed by atoms with Crippen LogP contribution in [0.1, 0.15) is 52.4 Å². The Hall–Kier alpha value is -0.0800. The van der Waals surface area contributed by atoms with Gasteiger partial charge in [0.15, 0.2) is 5.96 Å². The van der Waals surface area contributed by atoms with Crippen molar-refractivity contribution in [2.45, 2.75) is 52.4 Å². The lowest BCUT2D eigenvalue weighted by Crippen LogP contribution is -2.44. The van der Waals surface area contributed by atoms with Gasteiger partial charge in [0.25, 0.3) is 0 Å². The third-order valence-electron chi connectivity index (χ3n) is 5.76. The minimum Gasteiger partial charge on any atom is -0.385 e. The Balaban J connectivity index is 0.00000312. The van der Waals surface area contributed by atoms with Crippen molar-refractivity contribution in [1.82, 2.24) is 15.5 Å². The summed E-state index contributed by atoms with van der Waals surface area (Å²) in [6.45, 7) is 11.8. The highest BCUT2D eigenvalue weighted by molar-refractivity contribution is 14.0. The first-order chi connectivity index (χ1) is 11.7. The predicted molar refractivity (Wildman–Crippen MR) is 117 cm³/mol. The third-order valence-corrected chi connectivity index (χ3v) is 5.76. The fourth-order valence-corrected chi connectivity index (χ4v) is 3.69. The van der Waals surface area contributed by atoms with E-state index in [0.29, 0.717) is 5.41 Å². The zero-order valence-corrected chi connectivity index (χ0v) is 18.8. The van der Waals surface area contributed by atoms with Crippen LogP contribution in [0.25, 0.3) is 0 Å². The summed E-state index contributed by atoms with van der Waals surface area (Å²) in [4.78, 5) is 7.45. The lowest BCUT2D eigenvalue weighted by Gasteiger charge is -2.40. The number of nitrogens with one attached hydrogen (secondary N) is 2. The second-order valence-corrected chi connectivity index (χ2v) is 7.74.